The monoisotopic (exact) mass is 390 g/mol. The van der Waals surface area contributed by atoms with Gasteiger partial charge in [-0.05, 0) is 74.0 Å². The number of carbonyl (C=O) groups is 2. The third-order valence-electron chi connectivity index (χ3n) is 8.62. The lowest BCUT2D eigenvalue weighted by atomic mass is 9.47. The topological polar surface area (TPSA) is 43.4 Å². The van der Waals surface area contributed by atoms with Gasteiger partial charge in [-0.3, -0.25) is 9.59 Å². The fraction of sp³-hybridized carbons (Fsp3) is 0.739. The Hall–Kier alpha value is -1.09. The minimum absolute atomic E-state index is 0.00322. The summed E-state index contributed by atoms with van der Waals surface area (Å²) in [5.74, 6) is 2.10. The van der Waals surface area contributed by atoms with Gasteiger partial charge in [0, 0.05) is 12.0 Å². The maximum atomic E-state index is 12.6. The van der Waals surface area contributed by atoms with Crippen LogP contribution in [-0.2, 0) is 14.3 Å². The van der Waals surface area contributed by atoms with Crippen molar-refractivity contribution in [1.29, 1.82) is 0 Å². The standard InChI is InChI=1S/C23H31ClO3/c1-14-10-19-17-5-4-15-11-16(27-13-25)6-8-22(15,2)18(17)7-9-23(19,3)21(14)20(26)12-24/h4,13,16-19H,5-12H2,1-3H3/t16-,17+,18-,19-,22-,23-/m0/s1. The second-order valence-electron chi connectivity index (χ2n) is 9.73. The smallest absolute Gasteiger partial charge is 0.293 e. The first-order valence-electron chi connectivity index (χ1n) is 10.4. The minimum Gasteiger partial charge on any atom is -0.464 e. The lowest BCUT2D eigenvalue weighted by Crippen LogP contribution is -2.50. The van der Waals surface area contributed by atoms with Crippen LogP contribution in [0.1, 0.15) is 65.7 Å². The Bertz CT molecular complexity index is 723. The summed E-state index contributed by atoms with van der Waals surface area (Å²) in [6, 6.07) is 0. The van der Waals surface area contributed by atoms with Crippen molar-refractivity contribution < 1.29 is 14.3 Å². The van der Waals surface area contributed by atoms with E-state index in [0.29, 0.717) is 24.2 Å². The molecule has 4 rings (SSSR count). The summed E-state index contributed by atoms with van der Waals surface area (Å²) in [6.07, 6.45) is 9.87. The predicted octanol–water partition coefficient (Wildman–Crippen LogP) is 5.23. The first-order chi connectivity index (χ1) is 12.8. The van der Waals surface area contributed by atoms with Crippen molar-refractivity contribution in [2.24, 2.45) is 28.6 Å². The van der Waals surface area contributed by atoms with Gasteiger partial charge >= 0.3 is 0 Å². The summed E-state index contributed by atoms with van der Waals surface area (Å²) in [4.78, 5) is 23.3. The Morgan fingerprint density at radius 2 is 1.96 bits per heavy atom. The van der Waals surface area contributed by atoms with Gasteiger partial charge < -0.3 is 4.74 Å². The van der Waals surface area contributed by atoms with E-state index in [1.54, 1.807) is 0 Å². The van der Waals surface area contributed by atoms with Crippen LogP contribution in [-0.4, -0.2) is 24.2 Å². The van der Waals surface area contributed by atoms with Gasteiger partial charge in [0.1, 0.15) is 6.10 Å². The molecule has 4 aliphatic rings. The van der Waals surface area contributed by atoms with E-state index in [0.717, 1.165) is 44.1 Å². The molecule has 2 fully saturated rings. The van der Waals surface area contributed by atoms with Gasteiger partial charge in [-0.25, -0.2) is 0 Å². The van der Waals surface area contributed by atoms with E-state index in [4.69, 9.17) is 16.3 Å². The fourth-order valence-corrected chi connectivity index (χ4v) is 7.51. The van der Waals surface area contributed by atoms with E-state index in [2.05, 4.69) is 26.8 Å². The Labute approximate surface area is 167 Å². The number of alkyl halides is 1. The summed E-state index contributed by atoms with van der Waals surface area (Å²) in [7, 11) is 0. The second-order valence-corrected chi connectivity index (χ2v) is 10.00. The zero-order valence-corrected chi connectivity index (χ0v) is 17.5. The first-order valence-corrected chi connectivity index (χ1v) is 11.0. The highest BCUT2D eigenvalue weighted by molar-refractivity contribution is 6.30. The van der Waals surface area contributed by atoms with Gasteiger partial charge in [-0.2, -0.15) is 0 Å². The Balaban J connectivity index is 1.63. The molecule has 0 aromatic carbocycles. The van der Waals surface area contributed by atoms with Crippen molar-refractivity contribution >= 4 is 23.9 Å². The van der Waals surface area contributed by atoms with Gasteiger partial charge in [0.25, 0.3) is 6.47 Å². The van der Waals surface area contributed by atoms with Crippen LogP contribution >= 0.6 is 11.6 Å². The van der Waals surface area contributed by atoms with Gasteiger partial charge in [0.2, 0.25) is 0 Å². The third-order valence-corrected chi connectivity index (χ3v) is 8.86. The number of hydrogen-bond acceptors (Lipinski definition) is 3. The quantitative estimate of drug-likeness (QED) is 0.375. The molecule has 0 radical (unpaired) electrons. The molecule has 0 bridgehead atoms. The number of rotatable bonds is 4. The summed E-state index contributed by atoms with van der Waals surface area (Å²) < 4.78 is 5.29. The molecule has 0 spiro atoms. The van der Waals surface area contributed by atoms with Crippen LogP contribution < -0.4 is 0 Å². The molecule has 0 saturated heterocycles. The van der Waals surface area contributed by atoms with E-state index in [9.17, 15) is 9.59 Å². The van der Waals surface area contributed by atoms with Crippen LogP contribution in [0.4, 0.5) is 0 Å². The maximum absolute atomic E-state index is 12.6. The highest BCUT2D eigenvalue weighted by Crippen LogP contribution is 2.66. The van der Waals surface area contributed by atoms with Crippen molar-refractivity contribution in [3.05, 3.63) is 22.8 Å². The number of ketones is 1. The van der Waals surface area contributed by atoms with E-state index in [1.807, 2.05) is 0 Å². The van der Waals surface area contributed by atoms with Crippen LogP contribution in [0.25, 0.3) is 0 Å². The highest BCUT2D eigenvalue weighted by Gasteiger charge is 2.58. The average Bonchev–Trinajstić information content (AvgIpc) is 2.92. The first kappa shape index (κ1) is 19.2. The summed E-state index contributed by atoms with van der Waals surface area (Å²) in [5.41, 5.74) is 4.04. The largest absolute Gasteiger partial charge is 0.464 e. The number of carbonyl (C=O) groups excluding carboxylic acids is 2. The molecule has 3 nitrogen and oxygen atoms in total. The van der Waals surface area contributed by atoms with E-state index in [1.165, 1.54) is 17.6 Å². The summed E-state index contributed by atoms with van der Waals surface area (Å²) >= 11 is 5.95. The number of ether oxygens (including phenoxy) is 1. The molecule has 0 amide bonds. The number of hydrogen-bond donors (Lipinski definition) is 0. The molecular weight excluding hydrogens is 360 g/mol. The molecule has 0 aromatic rings. The van der Waals surface area contributed by atoms with Crippen molar-refractivity contribution in [1.82, 2.24) is 0 Å². The SMILES string of the molecule is CC1=C(C(=O)CCl)[C@@]2(C)CC[C@H]3[C@@H](CC=C4C[C@@H](OC=O)CC[C@@]43C)[C@@H]2C1. The van der Waals surface area contributed by atoms with Crippen molar-refractivity contribution in [2.75, 3.05) is 5.88 Å². The van der Waals surface area contributed by atoms with Crippen LogP contribution in [0.15, 0.2) is 22.8 Å². The van der Waals surface area contributed by atoms with Gasteiger partial charge in [-0.1, -0.05) is 31.1 Å². The fourth-order valence-electron chi connectivity index (χ4n) is 7.37. The zero-order valence-electron chi connectivity index (χ0n) is 16.7. The normalized spacial score (nSPS) is 43.3. The molecule has 0 unspecified atom stereocenters. The number of fused-ring (bicyclic) bond motifs is 5. The third kappa shape index (κ3) is 2.75. The van der Waals surface area contributed by atoms with Crippen molar-refractivity contribution in [3.63, 3.8) is 0 Å². The van der Waals surface area contributed by atoms with E-state index >= 15 is 0 Å². The minimum atomic E-state index is -0.00322. The molecule has 6 atom stereocenters. The zero-order chi connectivity index (χ0) is 19.4. The lowest BCUT2D eigenvalue weighted by Gasteiger charge is -2.57. The maximum Gasteiger partial charge on any atom is 0.293 e. The van der Waals surface area contributed by atoms with E-state index < -0.39 is 0 Å². The molecule has 27 heavy (non-hydrogen) atoms. The van der Waals surface area contributed by atoms with Gasteiger partial charge in [0.15, 0.2) is 5.78 Å². The molecule has 0 heterocycles. The Kier molecular flexibility index (Phi) is 4.81. The molecule has 0 aromatic heterocycles. The summed E-state index contributed by atoms with van der Waals surface area (Å²) in [5, 5.41) is 0. The van der Waals surface area contributed by atoms with Crippen molar-refractivity contribution in [2.45, 2.75) is 71.8 Å². The lowest BCUT2D eigenvalue weighted by molar-refractivity contribution is -0.136. The molecule has 0 N–H and O–H groups in total. The average molecular weight is 391 g/mol. The molecular formula is C23H31ClO3. The Morgan fingerprint density at radius 3 is 2.67 bits per heavy atom. The molecule has 148 valence electrons. The molecule has 4 heteroatoms. The molecule has 4 aliphatic carbocycles. The molecule has 2 saturated carbocycles. The summed E-state index contributed by atoms with van der Waals surface area (Å²) in [6.45, 7) is 7.51. The predicted molar refractivity (Wildman–Crippen MR) is 106 cm³/mol. The second kappa shape index (κ2) is 6.76. The van der Waals surface area contributed by atoms with Crippen LogP contribution in [0.3, 0.4) is 0 Å². The number of halogens is 1. The molecule has 0 aliphatic heterocycles. The number of Topliss-reactive ketones (excluding diaryl/α,β-unsaturated/α-hetero) is 1. The van der Waals surface area contributed by atoms with E-state index in [-0.39, 0.29) is 28.6 Å². The van der Waals surface area contributed by atoms with Crippen LogP contribution in [0.2, 0.25) is 0 Å². The van der Waals surface area contributed by atoms with Gasteiger partial charge in [-0.15, -0.1) is 11.6 Å². The highest BCUT2D eigenvalue weighted by atomic mass is 35.5. The Morgan fingerprint density at radius 1 is 1.22 bits per heavy atom. The van der Waals surface area contributed by atoms with Gasteiger partial charge in [0.05, 0.1) is 5.88 Å². The van der Waals surface area contributed by atoms with Crippen LogP contribution in [0, 0.1) is 28.6 Å². The van der Waals surface area contributed by atoms with Crippen molar-refractivity contribution in [3.8, 4) is 0 Å². The van der Waals surface area contributed by atoms with Crippen LogP contribution in [0.5, 0.6) is 0 Å². The number of allylic oxidation sites excluding steroid dienone is 3.